The van der Waals surface area contributed by atoms with Gasteiger partial charge in [0.1, 0.15) is 0 Å². The van der Waals surface area contributed by atoms with Crippen LogP contribution in [0.15, 0.2) is 0 Å². The maximum Gasteiger partial charge on any atom is 1.00 e. The van der Waals surface area contributed by atoms with Crippen LogP contribution in [0.5, 0.6) is 0 Å². The van der Waals surface area contributed by atoms with Crippen LogP contribution in [0.4, 0.5) is 0 Å². The fourth-order valence-electron chi connectivity index (χ4n) is 8.25. The molecule has 0 spiro atoms. The van der Waals surface area contributed by atoms with Crippen molar-refractivity contribution in [3.8, 4) is 0 Å². The Bertz CT molecular complexity index is 403. The molecule has 4 bridgehead atoms. The first kappa shape index (κ1) is 17.9. The third kappa shape index (κ3) is 2.27. The molecule has 8 atom stereocenters. The van der Waals surface area contributed by atoms with Gasteiger partial charge in [-0.3, -0.25) is 0 Å². The molecular formula is C20H36BNa. The van der Waals surface area contributed by atoms with Crippen molar-refractivity contribution in [1.82, 2.24) is 0 Å². The van der Waals surface area contributed by atoms with E-state index in [0.29, 0.717) is 10.8 Å². The molecule has 8 unspecified atom stereocenters. The van der Waals surface area contributed by atoms with E-state index in [1.807, 2.05) is 0 Å². The van der Waals surface area contributed by atoms with E-state index in [2.05, 4.69) is 41.5 Å². The summed E-state index contributed by atoms with van der Waals surface area (Å²) in [5.74, 6) is 8.73. The first-order valence-corrected chi connectivity index (χ1v) is 10.1. The Balaban J connectivity index is 0.00000144. The minimum Gasteiger partial charge on any atom is -0.169 e. The second-order valence-electron chi connectivity index (χ2n) is 11.2. The van der Waals surface area contributed by atoms with E-state index >= 15 is 0 Å². The van der Waals surface area contributed by atoms with Crippen LogP contribution in [0.2, 0.25) is 11.6 Å². The van der Waals surface area contributed by atoms with Gasteiger partial charge in [-0.2, -0.15) is 11.6 Å². The summed E-state index contributed by atoms with van der Waals surface area (Å²) in [7, 11) is 0.269. The molecule has 0 saturated heterocycles. The van der Waals surface area contributed by atoms with Gasteiger partial charge in [-0.25, -0.2) is 0 Å². The minimum atomic E-state index is 0. The minimum absolute atomic E-state index is 0. The van der Waals surface area contributed by atoms with Crippen LogP contribution in [0.1, 0.15) is 67.2 Å². The summed E-state index contributed by atoms with van der Waals surface area (Å²) >= 11 is 0. The zero-order valence-corrected chi connectivity index (χ0v) is 18.4. The second-order valence-corrected chi connectivity index (χ2v) is 11.2. The molecule has 0 radical (unpaired) electrons. The Morgan fingerprint density at radius 2 is 1.05 bits per heavy atom. The zero-order valence-electron chi connectivity index (χ0n) is 16.4. The van der Waals surface area contributed by atoms with Crippen LogP contribution in [0.3, 0.4) is 0 Å². The van der Waals surface area contributed by atoms with Crippen LogP contribution in [0.25, 0.3) is 0 Å². The fraction of sp³-hybridized carbons (Fsp3) is 1.00. The third-order valence-electron chi connectivity index (χ3n) is 10.3. The molecule has 0 nitrogen and oxygen atoms in total. The van der Waals surface area contributed by atoms with Crippen molar-refractivity contribution >= 4 is 7.28 Å². The Labute approximate surface area is 161 Å². The van der Waals surface area contributed by atoms with Crippen molar-refractivity contribution in [2.45, 2.75) is 78.9 Å². The Morgan fingerprint density at radius 3 is 1.32 bits per heavy atom. The van der Waals surface area contributed by atoms with E-state index in [1.165, 1.54) is 11.6 Å². The summed E-state index contributed by atoms with van der Waals surface area (Å²) < 4.78 is 0. The van der Waals surface area contributed by atoms with Crippen molar-refractivity contribution in [3.05, 3.63) is 0 Å². The van der Waals surface area contributed by atoms with Gasteiger partial charge >= 0.3 is 29.6 Å². The van der Waals surface area contributed by atoms with Crippen molar-refractivity contribution < 1.29 is 29.6 Å². The smallest absolute Gasteiger partial charge is 0.169 e. The molecule has 6 aliphatic carbocycles. The van der Waals surface area contributed by atoms with Crippen molar-refractivity contribution in [2.75, 3.05) is 0 Å². The van der Waals surface area contributed by atoms with Crippen LogP contribution in [-0.4, -0.2) is 7.28 Å². The van der Waals surface area contributed by atoms with Gasteiger partial charge in [0, 0.05) is 0 Å². The molecule has 22 heavy (non-hydrogen) atoms. The molecular weight excluding hydrogens is 274 g/mol. The summed E-state index contributed by atoms with van der Waals surface area (Å²) in [6.45, 7) is 15.5. The van der Waals surface area contributed by atoms with Crippen LogP contribution >= 0.6 is 0 Å². The molecule has 0 heterocycles. The van der Waals surface area contributed by atoms with Crippen LogP contribution < -0.4 is 29.6 Å². The molecule has 6 aliphatic rings. The Kier molecular flexibility index (Phi) is 4.50. The molecule has 6 fully saturated rings. The first-order valence-electron chi connectivity index (χ1n) is 10.1. The topological polar surface area (TPSA) is 0 Å². The van der Waals surface area contributed by atoms with E-state index in [0.717, 1.165) is 35.5 Å². The summed E-state index contributed by atoms with van der Waals surface area (Å²) in [6, 6.07) is 0. The van der Waals surface area contributed by atoms with E-state index in [4.69, 9.17) is 0 Å². The molecule has 6 rings (SSSR count). The van der Waals surface area contributed by atoms with Crippen molar-refractivity contribution in [2.24, 2.45) is 46.3 Å². The predicted molar refractivity (Wildman–Crippen MR) is 94.4 cm³/mol. The van der Waals surface area contributed by atoms with E-state index < -0.39 is 0 Å². The van der Waals surface area contributed by atoms with Crippen molar-refractivity contribution in [3.63, 3.8) is 0 Å². The standard InChI is InChI=1S/C20H36B.Na/c1-11-15-7-13(19(15,3)4)9-17(11)21-18-10-14-8-16(12(18)2)20(14,5)6;/h11-18H,7-10,21H2,1-6H3;/q-1;+1. The van der Waals surface area contributed by atoms with Gasteiger partial charge in [0.2, 0.25) is 0 Å². The van der Waals surface area contributed by atoms with Crippen LogP contribution in [0, 0.1) is 46.3 Å². The Morgan fingerprint density at radius 1 is 0.682 bits per heavy atom. The molecule has 0 amide bonds. The van der Waals surface area contributed by atoms with E-state index in [-0.39, 0.29) is 36.8 Å². The quantitative estimate of drug-likeness (QED) is 0.686. The molecule has 120 valence electrons. The Hall–Kier alpha value is 1.06. The number of fused-ring (bicyclic) bond motifs is 4. The van der Waals surface area contributed by atoms with E-state index in [1.54, 1.807) is 25.7 Å². The zero-order chi connectivity index (χ0) is 15.2. The summed E-state index contributed by atoms with van der Waals surface area (Å²) in [6.07, 6.45) is 6.34. The normalized spacial score (nSPS) is 53.7. The van der Waals surface area contributed by atoms with Gasteiger partial charge in [-0.1, -0.05) is 66.2 Å². The molecule has 0 aliphatic heterocycles. The molecule has 0 aromatic carbocycles. The SMILES string of the molecule is CC1C([BH2-]C2CC3CC(C2C)C3(C)C)CC2CC1C2(C)C.[Na+]. The number of hydrogen-bond acceptors (Lipinski definition) is 0. The van der Waals surface area contributed by atoms with Crippen molar-refractivity contribution in [1.29, 1.82) is 0 Å². The maximum atomic E-state index is 2.62. The third-order valence-corrected chi connectivity index (χ3v) is 10.3. The molecule has 0 aromatic rings. The van der Waals surface area contributed by atoms with Gasteiger partial charge in [-0.05, 0) is 54.6 Å². The number of hydrogen-bond donors (Lipinski definition) is 0. The number of rotatable bonds is 2. The monoisotopic (exact) mass is 310 g/mol. The van der Waals surface area contributed by atoms with E-state index in [9.17, 15) is 0 Å². The van der Waals surface area contributed by atoms with Gasteiger partial charge in [0.15, 0.2) is 0 Å². The maximum absolute atomic E-state index is 2.62. The van der Waals surface area contributed by atoms with Gasteiger partial charge in [0.25, 0.3) is 0 Å². The van der Waals surface area contributed by atoms with Gasteiger partial charge < -0.3 is 0 Å². The predicted octanol–water partition coefficient (Wildman–Crippen LogP) is 2.14. The van der Waals surface area contributed by atoms with Gasteiger partial charge in [0.05, 0.1) is 0 Å². The van der Waals surface area contributed by atoms with Crippen LogP contribution in [-0.2, 0) is 0 Å². The van der Waals surface area contributed by atoms with Gasteiger partial charge in [-0.15, -0.1) is 0 Å². The molecule has 0 N–H and O–H groups in total. The fourth-order valence-corrected chi connectivity index (χ4v) is 8.25. The average molecular weight is 310 g/mol. The summed E-state index contributed by atoms with van der Waals surface area (Å²) in [4.78, 5) is 0. The largest absolute Gasteiger partial charge is 1.00 e. The average Bonchev–Trinajstić information content (AvgIpc) is 2.41. The molecule has 0 aromatic heterocycles. The molecule has 2 heteroatoms. The molecule has 6 saturated carbocycles. The summed E-state index contributed by atoms with van der Waals surface area (Å²) in [5, 5.41) is 0. The summed E-state index contributed by atoms with van der Waals surface area (Å²) in [5.41, 5.74) is 1.37. The second kappa shape index (κ2) is 5.53. The first-order chi connectivity index (χ1) is 9.73.